The fourth-order valence-corrected chi connectivity index (χ4v) is 3.23. The Balaban J connectivity index is 1.98. The first-order valence-corrected chi connectivity index (χ1v) is 8.90. The maximum absolute atomic E-state index is 12.7. The molecule has 0 radical (unpaired) electrons. The van der Waals surface area contributed by atoms with Gasteiger partial charge in [0.1, 0.15) is 5.57 Å². The molecule has 1 aliphatic heterocycles. The van der Waals surface area contributed by atoms with E-state index in [1.165, 1.54) is 18.2 Å². The zero-order valence-corrected chi connectivity index (χ0v) is 16.6. The topological polar surface area (TPSA) is 78.9 Å². The van der Waals surface area contributed by atoms with E-state index in [1.807, 2.05) is 48.6 Å². The molecular formula is C19H17IN2O4. The first kappa shape index (κ1) is 18.2. The van der Waals surface area contributed by atoms with Gasteiger partial charge < -0.3 is 9.84 Å². The molecule has 0 aliphatic carbocycles. The van der Waals surface area contributed by atoms with Crippen molar-refractivity contribution in [3.05, 3.63) is 56.2 Å². The normalized spacial score (nSPS) is 15.5. The van der Waals surface area contributed by atoms with E-state index < -0.39 is 11.8 Å². The highest BCUT2D eigenvalue weighted by Crippen LogP contribution is 2.33. The quantitative estimate of drug-likeness (QED) is 0.416. The summed E-state index contributed by atoms with van der Waals surface area (Å²) in [4.78, 5) is 25.0. The summed E-state index contributed by atoms with van der Waals surface area (Å²) in [6.07, 6.45) is 1.49. The predicted molar refractivity (Wildman–Crippen MR) is 107 cm³/mol. The van der Waals surface area contributed by atoms with Crippen LogP contribution in [0.1, 0.15) is 16.7 Å². The molecule has 0 atom stereocenters. The van der Waals surface area contributed by atoms with Crippen LogP contribution in [0.5, 0.6) is 11.5 Å². The third-order valence-corrected chi connectivity index (χ3v) is 5.04. The fraction of sp³-hybridized carbons (Fsp3) is 0.158. The summed E-state index contributed by atoms with van der Waals surface area (Å²) < 4.78 is 5.68. The van der Waals surface area contributed by atoms with Crippen molar-refractivity contribution in [1.29, 1.82) is 0 Å². The van der Waals surface area contributed by atoms with Gasteiger partial charge >= 0.3 is 0 Å². The number of ether oxygens (including phenoxy) is 1. The number of phenolic OH excluding ortho intramolecular Hbond substituents is 1. The molecule has 2 aromatic carbocycles. The largest absolute Gasteiger partial charge is 0.504 e. The lowest BCUT2D eigenvalue weighted by Gasteiger charge is -2.16. The Morgan fingerprint density at radius 2 is 1.88 bits per heavy atom. The number of hydrogen-bond acceptors (Lipinski definition) is 4. The molecule has 0 unspecified atom stereocenters. The van der Waals surface area contributed by atoms with Crippen molar-refractivity contribution in [2.75, 3.05) is 12.1 Å². The maximum Gasteiger partial charge on any atom is 0.282 e. The number of methoxy groups -OCH3 is 1. The number of amides is 2. The molecule has 0 saturated carbocycles. The number of halogens is 1. The molecule has 2 amide bonds. The number of rotatable bonds is 3. The smallest absolute Gasteiger partial charge is 0.282 e. The van der Waals surface area contributed by atoms with Gasteiger partial charge in [-0.25, -0.2) is 5.01 Å². The van der Waals surface area contributed by atoms with Gasteiger partial charge in [0.25, 0.3) is 11.8 Å². The molecule has 1 fully saturated rings. The summed E-state index contributed by atoms with van der Waals surface area (Å²) in [7, 11) is 1.44. The van der Waals surface area contributed by atoms with Gasteiger partial charge in [0.2, 0.25) is 0 Å². The molecule has 3 rings (SSSR count). The van der Waals surface area contributed by atoms with Crippen LogP contribution in [0.2, 0.25) is 0 Å². The average Bonchev–Trinajstić information content (AvgIpc) is 2.88. The highest BCUT2D eigenvalue weighted by Gasteiger charge is 2.34. The van der Waals surface area contributed by atoms with E-state index in [0.717, 1.165) is 11.1 Å². The van der Waals surface area contributed by atoms with Gasteiger partial charge in [0, 0.05) is 0 Å². The van der Waals surface area contributed by atoms with E-state index in [2.05, 4.69) is 5.43 Å². The average molecular weight is 464 g/mol. The molecule has 2 N–H and O–H groups in total. The zero-order chi connectivity index (χ0) is 19.0. The Hall–Kier alpha value is -2.55. The second-order valence-corrected chi connectivity index (χ2v) is 7.12. The Morgan fingerprint density at radius 3 is 2.54 bits per heavy atom. The van der Waals surface area contributed by atoms with Gasteiger partial charge in [0.15, 0.2) is 11.5 Å². The van der Waals surface area contributed by atoms with Gasteiger partial charge in [-0.15, -0.1) is 0 Å². The van der Waals surface area contributed by atoms with Crippen molar-refractivity contribution < 1.29 is 19.4 Å². The Labute approximate surface area is 164 Å². The van der Waals surface area contributed by atoms with E-state index in [4.69, 9.17) is 4.74 Å². The molecule has 7 heteroatoms. The summed E-state index contributed by atoms with van der Waals surface area (Å²) in [5.41, 5.74) is 5.93. The molecule has 2 aromatic rings. The number of aryl methyl sites for hydroxylation is 2. The SMILES string of the molecule is COc1cc(/C=C2\C(=O)NN(c3ccc(C)c(C)c3)C2=O)cc(I)c1O. The fourth-order valence-electron chi connectivity index (χ4n) is 2.60. The molecule has 26 heavy (non-hydrogen) atoms. The van der Waals surface area contributed by atoms with Crippen molar-refractivity contribution in [2.24, 2.45) is 0 Å². The minimum absolute atomic E-state index is 0.0202. The zero-order valence-electron chi connectivity index (χ0n) is 14.5. The molecule has 0 bridgehead atoms. The van der Waals surface area contributed by atoms with Crippen LogP contribution in [0.15, 0.2) is 35.9 Å². The summed E-state index contributed by atoms with van der Waals surface area (Å²) >= 11 is 1.96. The van der Waals surface area contributed by atoms with E-state index in [0.29, 0.717) is 14.8 Å². The highest BCUT2D eigenvalue weighted by atomic mass is 127. The van der Waals surface area contributed by atoms with Crippen LogP contribution in [-0.4, -0.2) is 24.0 Å². The Kier molecular flexibility index (Phi) is 4.90. The van der Waals surface area contributed by atoms with Gasteiger partial charge in [-0.1, -0.05) is 6.07 Å². The van der Waals surface area contributed by atoms with Crippen LogP contribution in [0.25, 0.3) is 6.08 Å². The lowest BCUT2D eigenvalue weighted by Crippen LogP contribution is -2.35. The van der Waals surface area contributed by atoms with Crippen LogP contribution in [0.4, 0.5) is 5.69 Å². The van der Waals surface area contributed by atoms with E-state index >= 15 is 0 Å². The molecule has 0 spiro atoms. The molecule has 0 aromatic heterocycles. The highest BCUT2D eigenvalue weighted by molar-refractivity contribution is 14.1. The number of benzene rings is 2. The van der Waals surface area contributed by atoms with Crippen LogP contribution < -0.4 is 15.2 Å². The minimum atomic E-state index is -0.477. The van der Waals surface area contributed by atoms with Crippen molar-refractivity contribution in [2.45, 2.75) is 13.8 Å². The summed E-state index contributed by atoms with van der Waals surface area (Å²) in [5, 5.41) is 11.2. The number of anilines is 1. The molecule has 1 saturated heterocycles. The number of aromatic hydroxyl groups is 1. The van der Waals surface area contributed by atoms with E-state index in [1.54, 1.807) is 18.2 Å². The monoisotopic (exact) mass is 464 g/mol. The van der Waals surface area contributed by atoms with Crippen molar-refractivity contribution in [3.63, 3.8) is 0 Å². The standard InChI is InChI=1S/C19H17IN2O4/c1-10-4-5-13(6-11(10)2)22-19(25)14(18(24)21-22)7-12-8-15(20)17(23)16(9-12)26-3/h4-9,23H,1-3H3,(H,21,24)/b14-7+. The third-order valence-electron chi connectivity index (χ3n) is 4.22. The number of phenols is 1. The van der Waals surface area contributed by atoms with Crippen molar-refractivity contribution in [3.8, 4) is 11.5 Å². The minimum Gasteiger partial charge on any atom is -0.504 e. The number of hydrogen-bond donors (Lipinski definition) is 2. The van der Waals surface area contributed by atoms with E-state index in [-0.39, 0.29) is 17.1 Å². The predicted octanol–water partition coefficient (Wildman–Crippen LogP) is 3.08. The Morgan fingerprint density at radius 1 is 1.15 bits per heavy atom. The number of nitrogens with one attached hydrogen (secondary N) is 1. The third kappa shape index (κ3) is 3.26. The van der Waals surface area contributed by atoms with E-state index in [9.17, 15) is 14.7 Å². The molecule has 6 nitrogen and oxygen atoms in total. The van der Waals surface area contributed by atoms with Crippen LogP contribution in [0.3, 0.4) is 0 Å². The summed E-state index contributed by atoms with van der Waals surface area (Å²) in [6, 6.07) is 8.78. The first-order chi connectivity index (χ1) is 12.3. The molecule has 134 valence electrons. The van der Waals surface area contributed by atoms with Crippen molar-refractivity contribution in [1.82, 2.24) is 5.43 Å². The van der Waals surface area contributed by atoms with Crippen LogP contribution in [-0.2, 0) is 9.59 Å². The van der Waals surface area contributed by atoms with Gasteiger partial charge in [-0.05, 0) is 83.5 Å². The molecular weight excluding hydrogens is 447 g/mol. The lowest BCUT2D eigenvalue weighted by molar-refractivity contribution is -0.117. The number of hydrazine groups is 1. The Bertz CT molecular complexity index is 953. The number of carbonyl (C=O) groups excluding carboxylic acids is 2. The second-order valence-electron chi connectivity index (χ2n) is 5.96. The van der Waals surface area contributed by atoms with Crippen molar-refractivity contribution >= 4 is 46.2 Å². The summed E-state index contributed by atoms with van der Waals surface area (Å²) in [6.45, 7) is 3.93. The van der Waals surface area contributed by atoms with Crippen LogP contribution >= 0.6 is 22.6 Å². The van der Waals surface area contributed by atoms with Gasteiger partial charge in [-0.2, -0.15) is 0 Å². The van der Waals surface area contributed by atoms with Crippen LogP contribution in [0, 0.1) is 17.4 Å². The summed E-state index contributed by atoms with van der Waals surface area (Å²) in [5.74, 6) is -0.606. The maximum atomic E-state index is 12.7. The number of carbonyl (C=O) groups is 2. The lowest BCUT2D eigenvalue weighted by atomic mass is 10.1. The molecule has 1 aliphatic rings. The second kappa shape index (κ2) is 6.99. The number of nitrogens with zero attached hydrogens (tertiary/aromatic N) is 1. The first-order valence-electron chi connectivity index (χ1n) is 7.82. The van der Waals surface area contributed by atoms with Gasteiger partial charge in [0.05, 0.1) is 16.4 Å². The molecule has 1 heterocycles. The van der Waals surface area contributed by atoms with Gasteiger partial charge in [-0.3, -0.25) is 15.0 Å².